The maximum Gasteiger partial charge on any atom is 0.118 e. The molecule has 0 saturated carbocycles. The highest BCUT2D eigenvalue weighted by Crippen LogP contribution is 2.36. The van der Waals surface area contributed by atoms with Crippen LogP contribution in [0.2, 0.25) is 0 Å². The number of methoxy groups -OCH3 is 2. The Morgan fingerprint density at radius 1 is 0.778 bits per heavy atom. The topological polar surface area (TPSA) is 47.9 Å². The molecule has 4 nitrogen and oxygen atoms in total. The van der Waals surface area contributed by atoms with Crippen LogP contribution < -0.4 is 9.47 Å². The van der Waals surface area contributed by atoms with Crippen LogP contribution in [0.3, 0.4) is 0 Å². The molecule has 0 spiro atoms. The summed E-state index contributed by atoms with van der Waals surface area (Å²) in [6.07, 6.45) is 0. The van der Waals surface area contributed by atoms with E-state index in [1.807, 2.05) is 67.6 Å². The zero-order valence-corrected chi connectivity index (χ0v) is 15.8. The fourth-order valence-electron chi connectivity index (χ4n) is 3.03. The fraction of sp³-hybridized carbons (Fsp3) is 0.217. The second-order valence-electron chi connectivity index (χ2n) is 6.45. The molecule has 0 aromatic heterocycles. The Hall–Kier alpha value is -2.98. The molecule has 1 N–H and O–H groups in total. The van der Waals surface area contributed by atoms with Crippen LogP contribution in [-0.2, 0) is 16.9 Å². The van der Waals surface area contributed by atoms with Crippen molar-refractivity contribution in [3.63, 3.8) is 0 Å². The molecule has 0 aliphatic carbocycles. The van der Waals surface area contributed by atoms with Crippen molar-refractivity contribution in [3.8, 4) is 17.2 Å². The third-order valence-corrected chi connectivity index (χ3v) is 4.72. The van der Waals surface area contributed by atoms with Gasteiger partial charge in [-0.2, -0.15) is 0 Å². The Labute approximate surface area is 160 Å². The smallest absolute Gasteiger partial charge is 0.118 e. The highest BCUT2D eigenvalue weighted by atomic mass is 16.5. The molecule has 0 fully saturated rings. The molecule has 0 unspecified atom stereocenters. The van der Waals surface area contributed by atoms with Gasteiger partial charge >= 0.3 is 0 Å². The van der Waals surface area contributed by atoms with Gasteiger partial charge in [0.05, 0.1) is 20.8 Å². The van der Waals surface area contributed by atoms with Crippen molar-refractivity contribution in [2.45, 2.75) is 19.1 Å². The van der Waals surface area contributed by atoms with E-state index >= 15 is 0 Å². The summed E-state index contributed by atoms with van der Waals surface area (Å²) in [5.41, 5.74) is 2.25. The van der Waals surface area contributed by atoms with Gasteiger partial charge in [-0.3, -0.25) is 0 Å². The molecule has 0 radical (unpaired) electrons. The number of rotatable bonds is 7. The van der Waals surface area contributed by atoms with E-state index in [-0.39, 0.29) is 5.75 Å². The zero-order valence-electron chi connectivity index (χ0n) is 15.8. The first-order valence-electron chi connectivity index (χ1n) is 8.76. The minimum Gasteiger partial charge on any atom is -0.508 e. The van der Waals surface area contributed by atoms with Gasteiger partial charge in [0.15, 0.2) is 0 Å². The Kier molecular flexibility index (Phi) is 5.67. The van der Waals surface area contributed by atoms with Gasteiger partial charge in [0.25, 0.3) is 0 Å². The summed E-state index contributed by atoms with van der Waals surface area (Å²) < 4.78 is 16.9. The predicted octanol–water partition coefficient (Wildman–Crippen LogP) is 4.89. The number of phenolic OH excluding ortho intramolecular Hbond substituents is 1. The highest BCUT2D eigenvalue weighted by molar-refractivity contribution is 5.40. The van der Waals surface area contributed by atoms with E-state index in [0.29, 0.717) is 6.61 Å². The monoisotopic (exact) mass is 364 g/mol. The summed E-state index contributed by atoms with van der Waals surface area (Å²) in [5, 5.41) is 9.71. The molecule has 3 aromatic rings. The summed E-state index contributed by atoms with van der Waals surface area (Å²) in [5.74, 6) is 1.82. The maximum atomic E-state index is 9.71. The molecule has 3 aromatic carbocycles. The van der Waals surface area contributed by atoms with Crippen LogP contribution in [0.25, 0.3) is 0 Å². The largest absolute Gasteiger partial charge is 0.508 e. The van der Waals surface area contributed by atoms with Crippen LogP contribution >= 0.6 is 0 Å². The van der Waals surface area contributed by atoms with Crippen molar-refractivity contribution >= 4 is 0 Å². The van der Waals surface area contributed by atoms with E-state index in [4.69, 9.17) is 14.2 Å². The molecule has 0 aliphatic rings. The molecular formula is C23H24O4. The first kappa shape index (κ1) is 18.8. The number of ether oxygens (including phenoxy) is 3. The van der Waals surface area contributed by atoms with Gasteiger partial charge < -0.3 is 19.3 Å². The quantitative estimate of drug-likeness (QED) is 0.648. The minimum atomic E-state index is -0.677. The summed E-state index contributed by atoms with van der Waals surface area (Å²) in [6, 6.07) is 22.8. The van der Waals surface area contributed by atoms with Crippen LogP contribution in [0.1, 0.15) is 23.6 Å². The molecule has 4 heteroatoms. The Balaban J connectivity index is 1.95. The van der Waals surface area contributed by atoms with E-state index < -0.39 is 5.60 Å². The molecule has 27 heavy (non-hydrogen) atoms. The average Bonchev–Trinajstić information content (AvgIpc) is 2.72. The lowest BCUT2D eigenvalue weighted by Gasteiger charge is -2.31. The third kappa shape index (κ3) is 4.23. The summed E-state index contributed by atoms with van der Waals surface area (Å²) in [4.78, 5) is 0. The highest BCUT2D eigenvalue weighted by Gasteiger charge is 2.30. The van der Waals surface area contributed by atoms with Crippen molar-refractivity contribution in [1.82, 2.24) is 0 Å². The number of phenols is 1. The molecule has 0 amide bonds. The lowest BCUT2D eigenvalue weighted by Crippen LogP contribution is -2.27. The first-order chi connectivity index (χ1) is 13.0. The van der Waals surface area contributed by atoms with Crippen LogP contribution in [0.15, 0.2) is 72.8 Å². The van der Waals surface area contributed by atoms with Crippen molar-refractivity contribution in [2.24, 2.45) is 0 Å². The van der Waals surface area contributed by atoms with Crippen molar-refractivity contribution in [3.05, 3.63) is 89.5 Å². The van der Waals surface area contributed by atoms with E-state index in [9.17, 15) is 5.11 Å². The van der Waals surface area contributed by atoms with Gasteiger partial charge in [0.1, 0.15) is 22.8 Å². The number of benzene rings is 3. The molecule has 140 valence electrons. The van der Waals surface area contributed by atoms with E-state index in [2.05, 4.69) is 0 Å². The Bertz CT molecular complexity index is 822. The summed E-state index contributed by atoms with van der Waals surface area (Å²) >= 11 is 0. The molecule has 0 bridgehead atoms. The van der Waals surface area contributed by atoms with Crippen LogP contribution in [-0.4, -0.2) is 19.3 Å². The lowest BCUT2D eigenvalue weighted by molar-refractivity contribution is -0.0166. The van der Waals surface area contributed by atoms with Gasteiger partial charge in [-0.05, 0) is 60.0 Å². The van der Waals surface area contributed by atoms with Crippen molar-refractivity contribution < 1.29 is 19.3 Å². The number of hydrogen-bond donors (Lipinski definition) is 1. The fourth-order valence-corrected chi connectivity index (χ4v) is 3.03. The van der Waals surface area contributed by atoms with Gasteiger partial charge in [0.2, 0.25) is 0 Å². The van der Waals surface area contributed by atoms with Crippen LogP contribution in [0.4, 0.5) is 0 Å². The van der Waals surface area contributed by atoms with Gasteiger partial charge in [-0.1, -0.05) is 36.4 Å². The van der Waals surface area contributed by atoms with Crippen LogP contribution in [0.5, 0.6) is 17.2 Å². The molecule has 0 saturated heterocycles. The summed E-state index contributed by atoms with van der Waals surface area (Å²) in [6.45, 7) is 2.41. The lowest BCUT2D eigenvalue weighted by atomic mass is 9.87. The second kappa shape index (κ2) is 8.14. The first-order valence-corrected chi connectivity index (χ1v) is 8.76. The SMILES string of the molecule is COc1ccc(C(C)(OCc2cccc(O)c2)c2ccc(OC)cc2)cc1. The van der Waals surface area contributed by atoms with Crippen LogP contribution in [0, 0.1) is 0 Å². The van der Waals surface area contributed by atoms with E-state index in [0.717, 1.165) is 28.2 Å². The molecule has 0 heterocycles. The van der Waals surface area contributed by atoms with Gasteiger partial charge in [-0.15, -0.1) is 0 Å². The normalized spacial score (nSPS) is 11.2. The average molecular weight is 364 g/mol. The molecule has 0 atom stereocenters. The van der Waals surface area contributed by atoms with Crippen molar-refractivity contribution in [2.75, 3.05) is 14.2 Å². The minimum absolute atomic E-state index is 0.228. The van der Waals surface area contributed by atoms with E-state index in [1.165, 1.54) is 0 Å². The number of aromatic hydroxyl groups is 1. The third-order valence-electron chi connectivity index (χ3n) is 4.72. The van der Waals surface area contributed by atoms with Crippen molar-refractivity contribution in [1.29, 1.82) is 0 Å². The van der Waals surface area contributed by atoms with Gasteiger partial charge in [-0.25, -0.2) is 0 Å². The molecule has 3 rings (SSSR count). The van der Waals surface area contributed by atoms with E-state index in [1.54, 1.807) is 26.4 Å². The molecule has 0 aliphatic heterocycles. The second-order valence-corrected chi connectivity index (χ2v) is 6.45. The maximum absolute atomic E-state index is 9.71. The summed E-state index contributed by atoms with van der Waals surface area (Å²) in [7, 11) is 3.30. The standard InChI is InChI=1S/C23H24O4/c1-23(18-7-11-21(25-2)12-8-18,19-9-13-22(26-3)14-10-19)27-16-17-5-4-6-20(24)15-17/h4-15,24H,16H2,1-3H3. The predicted molar refractivity (Wildman–Crippen MR) is 105 cm³/mol. The Morgan fingerprint density at radius 2 is 1.30 bits per heavy atom. The Morgan fingerprint density at radius 3 is 1.74 bits per heavy atom. The number of hydrogen-bond acceptors (Lipinski definition) is 4. The van der Waals surface area contributed by atoms with Gasteiger partial charge in [0, 0.05) is 0 Å². The molecular weight excluding hydrogens is 340 g/mol. The zero-order chi connectivity index (χ0) is 19.3.